The summed E-state index contributed by atoms with van der Waals surface area (Å²) >= 11 is 0. The zero-order valence-corrected chi connectivity index (χ0v) is 12.1. The summed E-state index contributed by atoms with van der Waals surface area (Å²) in [5.41, 5.74) is 10.4. The zero-order valence-electron chi connectivity index (χ0n) is 12.1. The molecule has 0 saturated carbocycles. The zero-order chi connectivity index (χ0) is 15.0. The highest BCUT2D eigenvalue weighted by molar-refractivity contribution is 5.97. The number of aryl methyl sites for hydroxylation is 2. The second-order valence-corrected chi connectivity index (χ2v) is 5.43. The largest absolute Gasteiger partial charge is 0.480 e. The van der Waals surface area contributed by atoms with Crippen LogP contribution in [0.2, 0.25) is 0 Å². The van der Waals surface area contributed by atoms with Gasteiger partial charge in [0.25, 0.3) is 5.91 Å². The van der Waals surface area contributed by atoms with Gasteiger partial charge in [0.15, 0.2) is 6.10 Å². The fourth-order valence-electron chi connectivity index (χ4n) is 2.49. The lowest BCUT2D eigenvalue weighted by Crippen LogP contribution is -2.31. The van der Waals surface area contributed by atoms with Crippen molar-refractivity contribution >= 4 is 17.3 Å². The van der Waals surface area contributed by atoms with Gasteiger partial charge in [-0.05, 0) is 48.7 Å². The number of rotatable bonds is 2. The summed E-state index contributed by atoms with van der Waals surface area (Å²) in [6, 6.07) is 11.5. The predicted molar refractivity (Wildman–Crippen MR) is 83.5 cm³/mol. The van der Waals surface area contributed by atoms with E-state index in [1.54, 1.807) is 0 Å². The molecule has 0 fully saturated rings. The summed E-state index contributed by atoms with van der Waals surface area (Å²) in [5.74, 6) is 0.617. The van der Waals surface area contributed by atoms with E-state index in [0.717, 1.165) is 22.4 Å². The van der Waals surface area contributed by atoms with Gasteiger partial charge in [0.05, 0.1) is 11.4 Å². The normalized spacial score (nSPS) is 16.2. The summed E-state index contributed by atoms with van der Waals surface area (Å²) in [7, 11) is 0. The number of carbonyl (C=O) groups is 1. The first-order valence-corrected chi connectivity index (χ1v) is 6.97. The van der Waals surface area contributed by atoms with Crippen molar-refractivity contribution in [2.45, 2.75) is 26.4 Å². The van der Waals surface area contributed by atoms with Crippen molar-refractivity contribution in [1.29, 1.82) is 0 Å². The Morgan fingerprint density at radius 2 is 1.95 bits per heavy atom. The third-order valence-corrected chi connectivity index (χ3v) is 3.86. The molecule has 1 unspecified atom stereocenters. The molecule has 2 aromatic carbocycles. The van der Waals surface area contributed by atoms with Crippen LogP contribution in [0.4, 0.5) is 11.4 Å². The molecule has 1 heterocycles. The molecule has 1 amide bonds. The predicted octanol–water partition coefficient (Wildman–Crippen LogP) is 2.83. The van der Waals surface area contributed by atoms with E-state index in [9.17, 15) is 4.79 Å². The molecule has 0 aromatic heterocycles. The van der Waals surface area contributed by atoms with Gasteiger partial charge in [-0.15, -0.1) is 0 Å². The van der Waals surface area contributed by atoms with Crippen LogP contribution in [0.15, 0.2) is 36.4 Å². The summed E-state index contributed by atoms with van der Waals surface area (Å²) in [6.07, 6.45) is 0.0932. The maximum atomic E-state index is 12.3. The standard InChI is InChI=1S/C17H18N2O2/c1-10-7-13(18)14(8-11(10)2)19-17(20)16-9-12-5-3-4-6-15(12)21-16/h3-8,16H,9,18H2,1-2H3,(H,19,20). The van der Waals surface area contributed by atoms with Gasteiger partial charge in [-0.3, -0.25) is 4.79 Å². The number of nitrogens with two attached hydrogens (primary N) is 1. The molecule has 4 nitrogen and oxygen atoms in total. The molecule has 0 aliphatic carbocycles. The molecule has 108 valence electrons. The van der Waals surface area contributed by atoms with E-state index in [4.69, 9.17) is 10.5 Å². The molecule has 4 heteroatoms. The van der Waals surface area contributed by atoms with Crippen LogP contribution in [-0.2, 0) is 11.2 Å². The lowest BCUT2D eigenvalue weighted by atomic mass is 10.1. The van der Waals surface area contributed by atoms with Crippen molar-refractivity contribution in [3.63, 3.8) is 0 Å². The number of ether oxygens (including phenoxy) is 1. The molecule has 1 aliphatic rings. The van der Waals surface area contributed by atoms with Crippen LogP contribution in [0.5, 0.6) is 5.75 Å². The number of para-hydroxylation sites is 1. The number of hydrogen-bond donors (Lipinski definition) is 2. The van der Waals surface area contributed by atoms with E-state index < -0.39 is 6.10 Å². The number of nitrogens with one attached hydrogen (secondary N) is 1. The first-order valence-electron chi connectivity index (χ1n) is 6.97. The van der Waals surface area contributed by atoms with Crippen LogP contribution >= 0.6 is 0 Å². The van der Waals surface area contributed by atoms with E-state index in [1.165, 1.54) is 0 Å². The number of amides is 1. The Labute approximate surface area is 123 Å². The van der Waals surface area contributed by atoms with Crippen molar-refractivity contribution in [3.8, 4) is 5.75 Å². The number of carbonyl (C=O) groups excluding carboxylic acids is 1. The third-order valence-electron chi connectivity index (χ3n) is 3.86. The molecular weight excluding hydrogens is 264 g/mol. The molecule has 3 rings (SSSR count). The minimum atomic E-state index is -0.497. The molecular formula is C17H18N2O2. The molecule has 3 N–H and O–H groups in total. The minimum absolute atomic E-state index is 0.166. The molecule has 0 spiro atoms. The Kier molecular flexibility index (Phi) is 3.29. The number of fused-ring (bicyclic) bond motifs is 1. The number of nitrogen functional groups attached to an aromatic ring is 1. The Hall–Kier alpha value is -2.49. The fraction of sp³-hybridized carbons (Fsp3) is 0.235. The van der Waals surface area contributed by atoms with Gasteiger partial charge in [0, 0.05) is 6.42 Å². The van der Waals surface area contributed by atoms with Crippen molar-refractivity contribution in [1.82, 2.24) is 0 Å². The van der Waals surface area contributed by atoms with Crippen molar-refractivity contribution in [2.75, 3.05) is 11.1 Å². The monoisotopic (exact) mass is 282 g/mol. The molecule has 1 atom stereocenters. The number of anilines is 2. The van der Waals surface area contributed by atoms with Gasteiger partial charge in [-0.25, -0.2) is 0 Å². The van der Waals surface area contributed by atoms with Gasteiger partial charge in [0.2, 0.25) is 0 Å². The molecule has 0 radical (unpaired) electrons. The molecule has 1 aliphatic heterocycles. The Morgan fingerprint density at radius 3 is 2.71 bits per heavy atom. The third kappa shape index (κ3) is 2.57. The first-order chi connectivity index (χ1) is 10.0. The molecule has 0 bridgehead atoms. The van der Waals surface area contributed by atoms with Gasteiger partial charge in [-0.1, -0.05) is 18.2 Å². The highest BCUT2D eigenvalue weighted by atomic mass is 16.5. The Morgan fingerprint density at radius 1 is 1.24 bits per heavy atom. The Bertz CT molecular complexity index is 685. The summed E-state index contributed by atoms with van der Waals surface area (Å²) in [5, 5.41) is 2.87. The smallest absolute Gasteiger partial charge is 0.265 e. The van der Waals surface area contributed by atoms with E-state index in [-0.39, 0.29) is 5.91 Å². The van der Waals surface area contributed by atoms with E-state index in [1.807, 2.05) is 50.2 Å². The van der Waals surface area contributed by atoms with E-state index in [0.29, 0.717) is 17.8 Å². The van der Waals surface area contributed by atoms with E-state index in [2.05, 4.69) is 5.32 Å². The SMILES string of the molecule is Cc1cc(N)c(NC(=O)C2Cc3ccccc3O2)cc1C. The first kappa shape index (κ1) is 13.5. The second kappa shape index (κ2) is 5.13. The van der Waals surface area contributed by atoms with Gasteiger partial charge in [0.1, 0.15) is 5.75 Å². The van der Waals surface area contributed by atoms with Gasteiger partial charge in [-0.2, -0.15) is 0 Å². The van der Waals surface area contributed by atoms with Gasteiger partial charge < -0.3 is 15.8 Å². The highest BCUT2D eigenvalue weighted by Gasteiger charge is 2.29. The lowest BCUT2D eigenvalue weighted by molar-refractivity contribution is -0.122. The van der Waals surface area contributed by atoms with Gasteiger partial charge >= 0.3 is 0 Å². The molecule has 21 heavy (non-hydrogen) atoms. The van der Waals surface area contributed by atoms with Crippen LogP contribution < -0.4 is 15.8 Å². The molecule has 2 aromatic rings. The van der Waals surface area contributed by atoms with Crippen LogP contribution in [0, 0.1) is 13.8 Å². The van der Waals surface area contributed by atoms with Crippen LogP contribution in [0.1, 0.15) is 16.7 Å². The summed E-state index contributed by atoms with van der Waals surface area (Å²) in [4.78, 5) is 12.3. The number of hydrogen-bond acceptors (Lipinski definition) is 3. The fourth-order valence-corrected chi connectivity index (χ4v) is 2.49. The molecule has 0 saturated heterocycles. The summed E-state index contributed by atoms with van der Waals surface area (Å²) < 4.78 is 5.68. The average Bonchev–Trinajstić information content (AvgIpc) is 2.88. The Balaban J connectivity index is 1.75. The van der Waals surface area contributed by atoms with Crippen molar-refractivity contribution in [2.24, 2.45) is 0 Å². The maximum absolute atomic E-state index is 12.3. The summed E-state index contributed by atoms with van der Waals surface area (Å²) in [6.45, 7) is 3.99. The van der Waals surface area contributed by atoms with Crippen LogP contribution in [0.25, 0.3) is 0 Å². The van der Waals surface area contributed by atoms with Crippen LogP contribution in [-0.4, -0.2) is 12.0 Å². The second-order valence-electron chi connectivity index (χ2n) is 5.43. The number of benzene rings is 2. The highest BCUT2D eigenvalue weighted by Crippen LogP contribution is 2.29. The average molecular weight is 282 g/mol. The lowest BCUT2D eigenvalue weighted by Gasteiger charge is -2.14. The van der Waals surface area contributed by atoms with Crippen LogP contribution in [0.3, 0.4) is 0 Å². The topological polar surface area (TPSA) is 64.3 Å². The quantitative estimate of drug-likeness (QED) is 0.832. The van der Waals surface area contributed by atoms with Crippen molar-refractivity contribution in [3.05, 3.63) is 53.1 Å². The van der Waals surface area contributed by atoms with Crippen molar-refractivity contribution < 1.29 is 9.53 Å². The van der Waals surface area contributed by atoms with E-state index >= 15 is 0 Å². The maximum Gasteiger partial charge on any atom is 0.265 e. The minimum Gasteiger partial charge on any atom is -0.480 e.